The summed E-state index contributed by atoms with van der Waals surface area (Å²) >= 11 is 0. The van der Waals surface area contributed by atoms with Gasteiger partial charge in [0.2, 0.25) is 17.7 Å². The van der Waals surface area contributed by atoms with Gasteiger partial charge < -0.3 is 25.4 Å². The Hall–Kier alpha value is -3.23. The summed E-state index contributed by atoms with van der Waals surface area (Å²) in [6, 6.07) is 14.6. The van der Waals surface area contributed by atoms with Gasteiger partial charge in [-0.05, 0) is 62.6 Å². The number of amides is 3. The lowest BCUT2D eigenvalue weighted by Gasteiger charge is -2.36. The van der Waals surface area contributed by atoms with Crippen LogP contribution in [0.5, 0.6) is 0 Å². The highest BCUT2D eigenvalue weighted by Gasteiger charge is 2.79. The summed E-state index contributed by atoms with van der Waals surface area (Å²) in [5, 5.41) is 15.5. The molecule has 3 aliphatic heterocycles. The Labute approximate surface area is 230 Å². The summed E-state index contributed by atoms with van der Waals surface area (Å²) in [4.78, 5) is 43.6. The first kappa shape index (κ1) is 27.3. The standard InChI is InChI=1S/C31H39N3O5/c1-19-11-10-12-20(2)25(19)33-28(37)26-31-17-21(3)30(4,39-31)23(24(31)29(38)34(26)15-8-9-16-35)27(36)32-18-22-13-6-5-7-14-22/h5-7,10-14,21,23-24,26,35H,8-9,15-18H2,1-4H3,(H,32,36)(H,33,37)/t21?,23-,24-,26?,30+,31?/m0/s1. The number of ether oxygens (including phenoxy) is 1. The van der Waals surface area contributed by atoms with Crippen LogP contribution in [0.2, 0.25) is 0 Å². The number of hydrogen-bond acceptors (Lipinski definition) is 5. The SMILES string of the molecule is Cc1cccc(C)c1NC(=O)C1N(CCCCO)C(=O)[C@@H]2[C@@H](C(=O)NCc3ccccc3)[C@]3(C)OC12CC3C. The highest BCUT2D eigenvalue weighted by atomic mass is 16.5. The number of fused-ring (bicyclic) bond motifs is 1. The molecule has 5 rings (SSSR count). The van der Waals surface area contributed by atoms with Crippen molar-refractivity contribution in [3.8, 4) is 0 Å². The fourth-order valence-electron chi connectivity index (χ4n) is 7.17. The smallest absolute Gasteiger partial charge is 0.250 e. The molecule has 6 atom stereocenters. The van der Waals surface area contributed by atoms with Crippen molar-refractivity contribution in [1.29, 1.82) is 0 Å². The number of para-hydroxylation sites is 1. The average Bonchev–Trinajstić information content (AvgIpc) is 3.42. The molecule has 8 nitrogen and oxygen atoms in total. The maximum Gasteiger partial charge on any atom is 0.250 e. The number of hydrogen-bond donors (Lipinski definition) is 3. The summed E-state index contributed by atoms with van der Waals surface area (Å²) in [6.45, 7) is 8.52. The largest absolute Gasteiger partial charge is 0.396 e. The van der Waals surface area contributed by atoms with Gasteiger partial charge in [0.15, 0.2) is 0 Å². The first-order valence-electron chi connectivity index (χ1n) is 13.9. The second kappa shape index (κ2) is 10.4. The number of anilines is 1. The number of rotatable bonds is 9. The van der Waals surface area contributed by atoms with Crippen LogP contribution < -0.4 is 10.6 Å². The summed E-state index contributed by atoms with van der Waals surface area (Å²) in [5.41, 5.74) is 1.61. The van der Waals surface area contributed by atoms with E-state index in [0.29, 0.717) is 32.4 Å². The van der Waals surface area contributed by atoms with Gasteiger partial charge in [0.05, 0.1) is 17.4 Å². The Bertz CT molecular complexity index is 1250. The van der Waals surface area contributed by atoms with Crippen molar-refractivity contribution in [2.45, 2.75) is 70.7 Å². The van der Waals surface area contributed by atoms with E-state index in [1.54, 1.807) is 4.90 Å². The number of aryl methyl sites for hydroxylation is 2. The lowest BCUT2D eigenvalue weighted by molar-refractivity contribution is -0.146. The number of unbranched alkanes of at least 4 members (excludes halogenated alkanes) is 1. The molecule has 39 heavy (non-hydrogen) atoms. The maximum absolute atomic E-state index is 14.1. The zero-order chi connectivity index (χ0) is 27.9. The number of nitrogens with zero attached hydrogens (tertiary/aromatic N) is 1. The quantitative estimate of drug-likeness (QED) is 0.429. The van der Waals surface area contributed by atoms with E-state index < -0.39 is 29.1 Å². The Morgan fingerprint density at radius 2 is 1.74 bits per heavy atom. The summed E-state index contributed by atoms with van der Waals surface area (Å²) in [6.07, 6.45) is 1.59. The molecule has 0 radical (unpaired) electrons. The van der Waals surface area contributed by atoms with Crippen LogP contribution in [0.1, 0.15) is 49.8 Å². The molecule has 2 aromatic carbocycles. The Kier molecular flexibility index (Phi) is 7.29. The summed E-state index contributed by atoms with van der Waals surface area (Å²) in [5.74, 6) is -2.23. The molecule has 8 heteroatoms. The molecule has 3 saturated heterocycles. The van der Waals surface area contributed by atoms with E-state index in [0.717, 1.165) is 22.4 Å². The highest BCUT2D eigenvalue weighted by Crippen LogP contribution is 2.65. The van der Waals surface area contributed by atoms with Crippen LogP contribution in [0.25, 0.3) is 0 Å². The molecule has 3 amide bonds. The first-order valence-corrected chi connectivity index (χ1v) is 13.9. The Balaban J connectivity index is 1.49. The number of benzene rings is 2. The van der Waals surface area contributed by atoms with Crippen molar-refractivity contribution in [3.05, 3.63) is 65.2 Å². The van der Waals surface area contributed by atoms with E-state index in [9.17, 15) is 19.5 Å². The molecule has 1 spiro atoms. The first-order chi connectivity index (χ1) is 18.6. The van der Waals surface area contributed by atoms with E-state index in [2.05, 4.69) is 10.6 Å². The second-order valence-corrected chi connectivity index (χ2v) is 11.6. The van der Waals surface area contributed by atoms with Crippen LogP contribution in [0.15, 0.2) is 48.5 Å². The van der Waals surface area contributed by atoms with Crippen LogP contribution in [0.3, 0.4) is 0 Å². The van der Waals surface area contributed by atoms with Crippen molar-refractivity contribution in [1.82, 2.24) is 10.2 Å². The van der Waals surface area contributed by atoms with Crippen LogP contribution in [-0.2, 0) is 25.7 Å². The number of carbonyl (C=O) groups is 3. The topological polar surface area (TPSA) is 108 Å². The number of likely N-dealkylation sites (tertiary alicyclic amines) is 1. The minimum atomic E-state index is -1.10. The zero-order valence-electron chi connectivity index (χ0n) is 23.2. The highest BCUT2D eigenvalue weighted by molar-refractivity contribution is 6.04. The van der Waals surface area contributed by atoms with Crippen LogP contribution in [0.4, 0.5) is 5.69 Å². The summed E-state index contributed by atoms with van der Waals surface area (Å²) < 4.78 is 6.77. The number of aliphatic hydroxyl groups is 1. The van der Waals surface area contributed by atoms with Crippen LogP contribution in [0, 0.1) is 31.6 Å². The molecule has 0 aliphatic carbocycles. The van der Waals surface area contributed by atoms with Gasteiger partial charge >= 0.3 is 0 Å². The average molecular weight is 534 g/mol. The third kappa shape index (κ3) is 4.43. The van der Waals surface area contributed by atoms with Gasteiger partial charge in [0.1, 0.15) is 11.6 Å². The Morgan fingerprint density at radius 1 is 1.05 bits per heavy atom. The van der Waals surface area contributed by atoms with Crippen molar-refractivity contribution in [3.63, 3.8) is 0 Å². The number of carbonyl (C=O) groups excluding carboxylic acids is 3. The van der Waals surface area contributed by atoms with Gasteiger partial charge in [-0.15, -0.1) is 0 Å². The molecule has 2 aromatic rings. The molecule has 3 fully saturated rings. The number of nitrogens with one attached hydrogen (secondary N) is 2. The molecule has 3 unspecified atom stereocenters. The molecule has 3 heterocycles. The fraction of sp³-hybridized carbons (Fsp3) is 0.516. The summed E-state index contributed by atoms with van der Waals surface area (Å²) in [7, 11) is 0. The van der Waals surface area contributed by atoms with Gasteiger partial charge in [0.25, 0.3) is 0 Å². The number of aliphatic hydroxyl groups excluding tert-OH is 1. The van der Waals surface area contributed by atoms with Gasteiger partial charge in [0, 0.05) is 25.4 Å². The second-order valence-electron chi connectivity index (χ2n) is 11.6. The normalized spacial score (nSPS) is 30.9. The third-order valence-electron chi connectivity index (χ3n) is 9.19. The van der Waals surface area contributed by atoms with Crippen molar-refractivity contribution in [2.75, 3.05) is 18.5 Å². The van der Waals surface area contributed by atoms with Gasteiger partial charge in [-0.25, -0.2) is 0 Å². The van der Waals surface area contributed by atoms with Gasteiger partial charge in [-0.2, -0.15) is 0 Å². The fourth-order valence-corrected chi connectivity index (χ4v) is 7.17. The van der Waals surface area contributed by atoms with E-state index >= 15 is 0 Å². The van der Waals surface area contributed by atoms with Crippen LogP contribution >= 0.6 is 0 Å². The molecular formula is C31H39N3O5. The van der Waals surface area contributed by atoms with Crippen molar-refractivity contribution >= 4 is 23.4 Å². The van der Waals surface area contributed by atoms with Gasteiger partial charge in [-0.1, -0.05) is 55.5 Å². The monoisotopic (exact) mass is 533 g/mol. The molecule has 2 bridgehead atoms. The zero-order valence-corrected chi connectivity index (χ0v) is 23.2. The molecule has 0 aromatic heterocycles. The Morgan fingerprint density at radius 3 is 2.41 bits per heavy atom. The third-order valence-corrected chi connectivity index (χ3v) is 9.19. The predicted octanol–water partition coefficient (Wildman–Crippen LogP) is 3.34. The van der Waals surface area contributed by atoms with E-state index in [1.807, 2.05) is 76.2 Å². The maximum atomic E-state index is 14.1. The van der Waals surface area contributed by atoms with E-state index in [4.69, 9.17) is 4.74 Å². The minimum absolute atomic E-state index is 0.00594. The molecule has 3 aliphatic rings. The molecule has 0 saturated carbocycles. The lowest BCUT2D eigenvalue weighted by atomic mass is 9.62. The van der Waals surface area contributed by atoms with E-state index in [1.165, 1.54) is 0 Å². The van der Waals surface area contributed by atoms with Gasteiger partial charge in [-0.3, -0.25) is 14.4 Å². The molecule has 208 valence electrons. The molecular weight excluding hydrogens is 494 g/mol. The van der Waals surface area contributed by atoms with Crippen molar-refractivity contribution in [2.24, 2.45) is 17.8 Å². The van der Waals surface area contributed by atoms with E-state index in [-0.39, 0.29) is 30.2 Å². The lowest BCUT2D eigenvalue weighted by Crippen LogP contribution is -2.54. The van der Waals surface area contributed by atoms with Crippen molar-refractivity contribution < 1.29 is 24.2 Å². The molecule has 3 N–H and O–H groups in total. The van der Waals surface area contributed by atoms with Crippen LogP contribution in [-0.4, -0.2) is 58.1 Å². The predicted molar refractivity (Wildman–Crippen MR) is 148 cm³/mol. The minimum Gasteiger partial charge on any atom is -0.396 e.